The molecule has 0 saturated carbocycles. The van der Waals surface area contributed by atoms with Crippen LogP contribution in [0.1, 0.15) is 33.7 Å². The van der Waals surface area contributed by atoms with E-state index in [1.165, 1.54) is 0 Å². The SMILES string of the molecule is COc1cccc(CN(Cc2cccc(OC)c2OC)c2ccn(Cc3c(C)noc3C)n2)c1C. The molecule has 2 aromatic heterocycles. The number of para-hydroxylation sites is 1. The maximum absolute atomic E-state index is 5.70. The van der Waals surface area contributed by atoms with Crippen molar-refractivity contribution in [1.29, 1.82) is 0 Å². The third kappa shape index (κ3) is 5.11. The van der Waals surface area contributed by atoms with Crippen molar-refractivity contribution < 1.29 is 18.7 Å². The Balaban J connectivity index is 1.69. The van der Waals surface area contributed by atoms with Gasteiger partial charge in [-0.3, -0.25) is 4.68 Å². The van der Waals surface area contributed by atoms with Crippen LogP contribution in [0.3, 0.4) is 0 Å². The number of aryl methyl sites for hydroxylation is 2. The van der Waals surface area contributed by atoms with E-state index in [2.05, 4.69) is 23.0 Å². The van der Waals surface area contributed by atoms with Gasteiger partial charge in [-0.2, -0.15) is 5.10 Å². The third-order valence-electron chi connectivity index (χ3n) is 6.28. The van der Waals surface area contributed by atoms with Gasteiger partial charge in [0.25, 0.3) is 0 Å². The fourth-order valence-corrected chi connectivity index (χ4v) is 4.26. The van der Waals surface area contributed by atoms with E-state index < -0.39 is 0 Å². The Labute approximate surface area is 206 Å². The summed E-state index contributed by atoms with van der Waals surface area (Å²) in [6.45, 7) is 7.77. The van der Waals surface area contributed by atoms with E-state index in [1.54, 1.807) is 21.3 Å². The highest BCUT2D eigenvalue weighted by Crippen LogP contribution is 2.33. The Morgan fingerprint density at radius 3 is 2.20 bits per heavy atom. The quantitative estimate of drug-likeness (QED) is 0.316. The molecule has 0 radical (unpaired) electrons. The number of nitrogens with zero attached hydrogens (tertiary/aromatic N) is 4. The fourth-order valence-electron chi connectivity index (χ4n) is 4.26. The molecule has 35 heavy (non-hydrogen) atoms. The predicted molar refractivity (Wildman–Crippen MR) is 134 cm³/mol. The first-order valence-electron chi connectivity index (χ1n) is 11.5. The van der Waals surface area contributed by atoms with Gasteiger partial charge in [0, 0.05) is 36.5 Å². The number of anilines is 1. The number of aromatic nitrogens is 3. The molecule has 0 aliphatic heterocycles. The van der Waals surface area contributed by atoms with Gasteiger partial charge in [-0.1, -0.05) is 29.4 Å². The van der Waals surface area contributed by atoms with Crippen molar-refractivity contribution in [3.8, 4) is 17.2 Å². The van der Waals surface area contributed by atoms with Gasteiger partial charge in [-0.05, 0) is 44.0 Å². The maximum atomic E-state index is 5.70. The van der Waals surface area contributed by atoms with E-state index in [9.17, 15) is 0 Å². The molecule has 4 aromatic rings. The Kier molecular flexibility index (Phi) is 7.29. The summed E-state index contributed by atoms with van der Waals surface area (Å²) in [4.78, 5) is 2.23. The van der Waals surface area contributed by atoms with Crippen LogP contribution >= 0.6 is 0 Å². The van der Waals surface area contributed by atoms with Crippen LogP contribution in [-0.4, -0.2) is 36.3 Å². The van der Waals surface area contributed by atoms with Crippen LogP contribution in [0.2, 0.25) is 0 Å². The molecule has 0 spiro atoms. The number of ether oxygens (including phenoxy) is 3. The van der Waals surface area contributed by atoms with E-state index in [0.717, 1.165) is 51.0 Å². The summed E-state index contributed by atoms with van der Waals surface area (Å²) in [5, 5.41) is 8.96. The topological polar surface area (TPSA) is 74.8 Å². The lowest BCUT2D eigenvalue weighted by molar-refractivity contribution is 0.351. The zero-order valence-corrected chi connectivity index (χ0v) is 21.2. The molecule has 0 bridgehead atoms. The van der Waals surface area contributed by atoms with Crippen molar-refractivity contribution in [2.75, 3.05) is 26.2 Å². The van der Waals surface area contributed by atoms with Crippen molar-refractivity contribution in [3.05, 3.63) is 82.4 Å². The molecule has 0 unspecified atom stereocenters. The van der Waals surface area contributed by atoms with Crippen LogP contribution in [0, 0.1) is 20.8 Å². The van der Waals surface area contributed by atoms with Gasteiger partial charge in [-0.25, -0.2) is 0 Å². The lowest BCUT2D eigenvalue weighted by Crippen LogP contribution is -2.24. The number of rotatable bonds is 10. The minimum absolute atomic E-state index is 0.583. The first-order valence-corrected chi connectivity index (χ1v) is 11.5. The Morgan fingerprint density at radius 2 is 1.54 bits per heavy atom. The van der Waals surface area contributed by atoms with Gasteiger partial charge in [0.05, 0.1) is 33.6 Å². The molecule has 0 saturated heterocycles. The lowest BCUT2D eigenvalue weighted by Gasteiger charge is -2.25. The average molecular weight is 477 g/mol. The molecule has 2 aromatic carbocycles. The van der Waals surface area contributed by atoms with E-state index in [4.69, 9.17) is 23.8 Å². The molecule has 8 heteroatoms. The lowest BCUT2D eigenvalue weighted by atomic mass is 10.1. The summed E-state index contributed by atoms with van der Waals surface area (Å²) < 4.78 is 24.0. The van der Waals surface area contributed by atoms with Gasteiger partial charge in [0.15, 0.2) is 17.3 Å². The summed E-state index contributed by atoms with van der Waals surface area (Å²) in [7, 11) is 5.01. The molecule has 4 rings (SSSR count). The molecule has 8 nitrogen and oxygen atoms in total. The number of benzene rings is 2. The minimum Gasteiger partial charge on any atom is -0.496 e. The van der Waals surface area contributed by atoms with Crippen molar-refractivity contribution in [3.63, 3.8) is 0 Å². The molecule has 0 N–H and O–H groups in total. The Morgan fingerprint density at radius 1 is 0.857 bits per heavy atom. The second-order valence-corrected chi connectivity index (χ2v) is 8.43. The van der Waals surface area contributed by atoms with E-state index >= 15 is 0 Å². The summed E-state index contributed by atoms with van der Waals surface area (Å²) in [5.74, 6) is 3.95. The molecule has 0 amide bonds. The first-order chi connectivity index (χ1) is 16.9. The van der Waals surface area contributed by atoms with E-state index in [-0.39, 0.29) is 0 Å². The highest BCUT2D eigenvalue weighted by Gasteiger charge is 2.19. The standard InChI is InChI=1S/C27H32N4O4/c1-18-21(9-7-11-24(18)32-4)15-30(16-22-10-8-12-25(33-5)27(22)34-6)26-13-14-31(28-26)17-23-19(2)29-35-20(23)3/h7-14H,15-17H2,1-6H3. The van der Waals surface area contributed by atoms with Crippen LogP contribution in [0.4, 0.5) is 5.82 Å². The van der Waals surface area contributed by atoms with Gasteiger partial charge in [0.2, 0.25) is 0 Å². The molecule has 0 atom stereocenters. The largest absolute Gasteiger partial charge is 0.496 e. The van der Waals surface area contributed by atoms with Crippen LogP contribution < -0.4 is 19.1 Å². The van der Waals surface area contributed by atoms with E-state index in [1.807, 2.05) is 61.1 Å². The third-order valence-corrected chi connectivity index (χ3v) is 6.28. The molecule has 0 aliphatic rings. The van der Waals surface area contributed by atoms with Crippen molar-refractivity contribution in [1.82, 2.24) is 14.9 Å². The fraction of sp³-hybridized carbons (Fsp3) is 0.333. The second-order valence-electron chi connectivity index (χ2n) is 8.43. The number of hydrogen-bond donors (Lipinski definition) is 0. The maximum Gasteiger partial charge on any atom is 0.165 e. The zero-order chi connectivity index (χ0) is 24.9. The van der Waals surface area contributed by atoms with E-state index in [0.29, 0.717) is 25.4 Å². The molecule has 184 valence electrons. The Bertz CT molecular complexity index is 1270. The van der Waals surface area contributed by atoms with Crippen molar-refractivity contribution in [2.45, 2.75) is 40.4 Å². The van der Waals surface area contributed by atoms with Crippen molar-refractivity contribution >= 4 is 5.82 Å². The molecule has 0 aliphatic carbocycles. The van der Waals surface area contributed by atoms with Gasteiger partial charge in [0.1, 0.15) is 11.5 Å². The zero-order valence-electron chi connectivity index (χ0n) is 21.2. The van der Waals surface area contributed by atoms with Crippen molar-refractivity contribution in [2.24, 2.45) is 0 Å². The summed E-state index contributed by atoms with van der Waals surface area (Å²) in [5.41, 5.74) is 5.20. The van der Waals surface area contributed by atoms with Crippen LogP contribution in [0.5, 0.6) is 17.2 Å². The number of methoxy groups -OCH3 is 3. The highest BCUT2D eigenvalue weighted by atomic mass is 16.5. The summed E-state index contributed by atoms with van der Waals surface area (Å²) in [6, 6.07) is 14.1. The van der Waals surface area contributed by atoms with Gasteiger partial charge >= 0.3 is 0 Å². The normalized spacial score (nSPS) is 10.9. The molecular formula is C27H32N4O4. The first kappa shape index (κ1) is 24.2. The predicted octanol–water partition coefficient (Wildman–Crippen LogP) is 5.08. The molecule has 0 fully saturated rings. The van der Waals surface area contributed by atoms with Crippen LogP contribution in [0.15, 0.2) is 53.2 Å². The highest BCUT2D eigenvalue weighted by molar-refractivity contribution is 5.50. The monoisotopic (exact) mass is 476 g/mol. The van der Waals surface area contributed by atoms with Crippen LogP contribution in [0.25, 0.3) is 0 Å². The average Bonchev–Trinajstić information content (AvgIpc) is 3.46. The molecular weight excluding hydrogens is 444 g/mol. The number of hydrogen-bond acceptors (Lipinski definition) is 7. The Hall–Kier alpha value is -3.94. The smallest absolute Gasteiger partial charge is 0.165 e. The summed E-state index contributed by atoms with van der Waals surface area (Å²) in [6.07, 6.45) is 1.98. The van der Waals surface area contributed by atoms with Crippen LogP contribution in [-0.2, 0) is 19.6 Å². The second kappa shape index (κ2) is 10.5. The van der Waals surface area contributed by atoms with Gasteiger partial charge < -0.3 is 23.6 Å². The van der Waals surface area contributed by atoms with Gasteiger partial charge in [-0.15, -0.1) is 0 Å². The summed E-state index contributed by atoms with van der Waals surface area (Å²) >= 11 is 0. The molecule has 2 heterocycles. The minimum atomic E-state index is 0.583.